The van der Waals surface area contributed by atoms with Crippen molar-refractivity contribution in [2.45, 2.75) is 19.5 Å². The Morgan fingerprint density at radius 3 is 2.70 bits per heavy atom. The summed E-state index contributed by atoms with van der Waals surface area (Å²) in [6, 6.07) is 1.63. The number of aliphatic carboxylic acids is 1. The Hall–Kier alpha value is -2.32. The molecule has 2 unspecified atom stereocenters. The maximum absolute atomic E-state index is 12.9. The van der Waals surface area contributed by atoms with E-state index in [0.717, 1.165) is 12.3 Å². The highest BCUT2D eigenvalue weighted by Crippen LogP contribution is 2.33. The average Bonchev–Trinajstić information content (AvgIpc) is 2.46. The number of likely N-dealkylation sites (tertiary alicyclic amines) is 1. The molecule has 126 valence electrons. The molecule has 1 aliphatic rings. The Morgan fingerprint density at radius 2 is 2.09 bits per heavy atom. The number of amides is 2. The van der Waals surface area contributed by atoms with Crippen LogP contribution in [0.1, 0.15) is 19.0 Å². The number of hydrogen-bond acceptors (Lipinski definition) is 3. The molecule has 2 N–H and O–H groups in total. The van der Waals surface area contributed by atoms with E-state index in [9.17, 15) is 22.8 Å². The van der Waals surface area contributed by atoms with E-state index in [-0.39, 0.29) is 19.0 Å². The fourth-order valence-corrected chi connectivity index (χ4v) is 2.62. The molecule has 1 fully saturated rings. The number of pyridine rings is 1. The fourth-order valence-electron chi connectivity index (χ4n) is 2.62. The number of anilines is 1. The van der Waals surface area contributed by atoms with Crippen LogP contribution < -0.4 is 5.32 Å². The summed E-state index contributed by atoms with van der Waals surface area (Å²) in [5.74, 6) is -1.79. The maximum Gasteiger partial charge on any atom is 0.435 e. The third kappa shape index (κ3) is 4.11. The van der Waals surface area contributed by atoms with Gasteiger partial charge in [0.15, 0.2) is 5.69 Å². The van der Waals surface area contributed by atoms with Crippen LogP contribution in [0.4, 0.5) is 23.7 Å². The minimum atomic E-state index is -4.69. The van der Waals surface area contributed by atoms with Crippen LogP contribution in [0.25, 0.3) is 0 Å². The van der Waals surface area contributed by atoms with Gasteiger partial charge in [-0.3, -0.25) is 4.79 Å². The number of piperidine rings is 1. The Balaban J connectivity index is 2.15. The predicted molar refractivity (Wildman–Crippen MR) is 74.7 cm³/mol. The second-order valence-corrected chi connectivity index (χ2v) is 5.61. The lowest BCUT2D eigenvalue weighted by atomic mass is 9.91. The molecule has 0 radical (unpaired) electrons. The number of rotatable bonds is 2. The summed E-state index contributed by atoms with van der Waals surface area (Å²) in [6.07, 6.45) is -3.27. The van der Waals surface area contributed by atoms with Crippen molar-refractivity contribution in [3.63, 3.8) is 0 Å². The molecule has 2 atom stereocenters. The summed E-state index contributed by atoms with van der Waals surface area (Å²) in [5.41, 5.74) is -1.64. The number of urea groups is 1. The molecule has 2 amide bonds. The third-order valence-corrected chi connectivity index (χ3v) is 3.61. The van der Waals surface area contributed by atoms with E-state index in [1.54, 1.807) is 6.92 Å². The summed E-state index contributed by atoms with van der Waals surface area (Å²) >= 11 is 0. The summed E-state index contributed by atoms with van der Waals surface area (Å²) in [4.78, 5) is 27.8. The molecule has 0 spiro atoms. The van der Waals surface area contributed by atoms with E-state index in [0.29, 0.717) is 6.42 Å². The SMILES string of the molecule is CC1CC(C(=O)O)CN(C(=O)Nc2cccnc2C(F)(F)F)C1. The number of nitrogens with one attached hydrogen (secondary N) is 1. The minimum absolute atomic E-state index is 0.0346. The first kappa shape index (κ1) is 17.0. The standard InChI is InChI=1S/C14H16F3N3O3/c1-8-5-9(12(21)22)7-20(6-8)13(23)19-10-3-2-4-18-11(10)14(15,16)17/h2-4,8-9H,5-7H2,1H3,(H,19,23)(H,21,22). The van der Waals surface area contributed by atoms with Crippen molar-refractivity contribution in [1.82, 2.24) is 9.88 Å². The molecule has 2 rings (SSSR count). The fraction of sp³-hybridized carbons (Fsp3) is 0.500. The van der Waals surface area contributed by atoms with Crippen LogP contribution in [-0.2, 0) is 11.0 Å². The smallest absolute Gasteiger partial charge is 0.435 e. The van der Waals surface area contributed by atoms with Crippen molar-refractivity contribution in [2.75, 3.05) is 18.4 Å². The monoisotopic (exact) mass is 331 g/mol. The van der Waals surface area contributed by atoms with Gasteiger partial charge < -0.3 is 15.3 Å². The van der Waals surface area contributed by atoms with Gasteiger partial charge in [0.1, 0.15) is 0 Å². The van der Waals surface area contributed by atoms with Crippen molar-refractivity contribution in [3.05, 3.63) is 24.0 Å². The lowest BCUT2D eigenvalue weighted by molar-refractivity contribution is -0.143. The van der Waals surface area contributed by atoms with E-state index < -0.39 is 35.5 Å². The predicted octanol–water partition coefficient (Wildman–Crippen LogP) is 2.67. The van der Waals surface area contributed by atoms with E-state index in [2.05, 4.69) is 10.3 Å². The number of carboxylic acid groups (broad SMARTS) is 1. The zero-order valence-electron chi connectivity index (χ0n) is 12.3. The second kappa shape index (κ2) is 6.43. The van der Waals surface area contributed by atoms with Crippen LogP contribution in [-0.4, -0.2) is 40.1 Å². The summed E-state index contributed by atoms with van der Waals surface area (Å²) < 4.78 is 38.6. The first-order chi connectivity index (χ1) is 10.7. The van der Waals surface area contributed by atoms with Crippen molar-refractivity contribution in [1.29, 1.82) is 0 Å². The number of carboxylic acids is 1. The van der Waals surface area contributed by atoms with Gasteiger partial charge in [-0.1, -0.05) is 6.92 Å². The molecule has 1 aromatic heterocycles. The van der Waals surface area contributed by atoms with Gasteiger partial charge in [-0.15, -0.1) is 0 Å². The van der Waals surface area contributed by atoms with Gasteiger partial charge in [0.05, 0.1) is 11.6 Å². The average molecular weight is 331 g/mol. The zero-order valence-corrected chi connectivity index (χ0v) is 12.3. The van der Waals surface area contributed by atoms with Gasteiger partial charge >= 0.3 is 18.2 Å². The molecular weight excluding hydrogens is 315 g/mol. The molecule has 1 aliphatic heterocycles. The molecule has 1 saturated heterocycles. The lowest BCUT2D eigenvalue weighted by Crippen LogP contribution is -2.47. The second-order valence-electron chi connectivity index (χ2n) is 5.61. The van der Waals surface area contributed by atoms with E-state index in [4.69, 9.17) is 5.11 Å². The van der Waals surface area contributed by atoms with Crippen molar-refractivity contribution >= 4 is 17.7 Å². The molecule has 23 heavy (non-hydrogen) atoms. The van der Waals surface area contributed by atoms with Crippen molar-refractivity contribution < 1.29 is 27.9 Å². The van der Waals surface area contributed by atoms with E-state index in [1.807, 2.05) is 0 Å². The zero-order chi connectivity index (χ0) is 17.2. The van der Waals surface area contributed by atoms with Crippen molar-refractivity contribution in [2.24, 2.45) is 11.8 Å². The Kier molecular flexibility index (Phi) is 4.76. The molecule has 0 aromatic carbocycles. The molecule has 9 heteroatoms. The normalized spacial score (nSPS) is 21.8. The summed E-state index contributed by atoms with van der Waals surface area (Å²) in [5, 5.41) is 11.3. The molecule has 6 nitrogen and oxygen atoms in total. The van der Waals surface area contributed by atoms with Crippen LogP contribution in [0.15, 0.2) is 18.3 Å². The number of aromatic nitrogens is 1. The maximum atomic E-state index is 12.9. The highest BCUT2D eigenvalue weighted by molar-refractivity contribution is 5.90. The Bertz CT molecular complexity index is 606. The lowest BCUT2D eigenvalue weighted by Gasteiger charge is -2.34. The molecule has 0 bridgehead atoms. The summed E-state index contributed by atoms with van der Waals surface area (Å²) in [7, 11) is 0. The number of carbonyl (C=O) groups excluding carboxylic acids is 1. The number of hydrogen-bond donors (Lipinski definition) is 2. The minimum Gasteiger partial charge on any atom is -0.481 e. The Labute approximate surface area is 130 Å². The van der Waals surface area contributed by atoms with Crippen LogP contribution >= 0.6 is 0 Å². The molecule has 1 aromatic rings. The van der Waals surface area contributed by atoms with Crippen LogP contribution in [0.5, 0.6) is 0 Å². The number of carbonyl (C=O) groups is 2. The van der Waals surface area contributed by atoms with E-state index in [1.165, 1.54) is 11.0 Å². The molecular formula is C14H16F3N3O3. The molecule has 0 aliphatic carbocycles. The van der Waals surface area contributed by atoms with Gasteiger partial charge in [0.25, 0.3) is 0 Å². The highest BCUT2D eigenvalue weighted by atomic mass is 19.4. The highest BCUT2D eigenvalue weighted by Gasteiger charge is 2.37. The van der Waals surface area contributed by atoms with Gasteiger partial charge in [-0.2, -0.15) is 13.2 Å². The van der Waals surface area contributed by atoms with Gasteiger partial charge in [0.2, 0.25) is 0 Å². The topological polar surface area (TPSA) is 82.5 Å². The van der Waals surface area contributed by atoms with E-state index >= 15 is 0 Å². The Morgan fingerprint density at radius 1 is 1.39 bits per heavy atom. The third-order valence-electron chi connectivity index (χ3n) is 3.61. The van der Waals surface area contributed by atoms with Gasteiger partial charge in [-0.05, 0) is 24.5 Å². The van der Waals surface area contributed by atoms with Crippen LogP contribution in [0, 0.1) is 11.8 Å². The quantitative estimate of drug-likeness (QED) is 0.873. The van der Waals surface area contributed by atoms with Crippen LogP contribution in [0.2, 0.25) is 0 Å². The molecule has 0 saturated carbocycles. The molecule has 2 heterocycles. The van der Waals surface area contributed by atoms with Gasteiger partial charge in [-0.25, -0.2) is 9.78 Å². The largest absolute Gasteiger partial charge is 0.481 e. The van der Waals surface area contributed by atoms with Gasteiger partial charge in [0, 0.05) is 19.3 Å². The number of halogens is 3. The first-order valence-electron chi connectivity index (χ1n) is 6.99. The number of nitrogens with zero attached hydrogens (tertiary/aromatic N) is 2. The van der Waals surface area contributed by atoms with Crippen LogP contribution in [0.3, 0.4) is 0 Å². The van der Waals surface area contributed by atoms with Crippen molar-refractivity contribution in [3.8, 4) is 0 Å². The first-order valence-corrected chi connectivity index (χ1v) is 6.99. The summed E-state index contributed by atoms with van der Waals surface area (Å²) in [6.45, 7) is 2.05. The number of alkyl halides is 3.